The van der Waals surface area contributed by atoms with Crippen LogP contribution < -0.4 is 21.3 Å². The smallest absolute Gasteiger partial charge is 0.220 e. The number of ether oxygens (including phenoxy) is 7. The Balaban J connectivity index is 1.67. The summed E-state index contributed by atoms with van der Waals surface area (Å²) in [5.41, 5.74) is -1.24. The van der Waals surface area contributed by atoms with E-state index >= 15 is 0 Å². The standard InChI is InChI=1S/C50H90N4O21/c1-30-41(63)44(66)34(27-55)73-47(30)70-24-6-5-11-33(58)14-17-50(54-40(62)13-7-12-37(59)51-20-8-23-69-4,18-15-38(60)52-21-9-25-71-48-31(2)42(64)45(67)35(28-56)74-48)19-16-39(61)53-22-10-26-72-49-32(3)43(65)46(68)36(29-57)75-49/h30-32,34-36,41-49,55-57,63-68H,5-29H2,1-4H3,(H,51,59)(H,52,60)(H,53,61)(H,54,62)/t30?,31?,32?,34?,35?,36?,41-,42-,43-,44+,45+,46+,47-,48-,49-,50?/m1/s1. The Morgan fingerprint density at radius 1 is 0.440 bits per heavy atom. The molecule has 0 spiro atoms. The molecule has 3 fully saturated rings. The van der Waals surface area contributed by atoms with E-state index in [4.69, 9.17) is 33.2 Å². The number of unbranched alkanes of at least 4 members (excludes halogenated alkanes) is 1. The van der Waals surface area contributed by atoms with Gasteiger partial charge >= 0.3 is 0 Å². The lowest BCUT2D eigenvalue weighted by Crippen LogP contribution is -2.55. The summed E-state index contributed by atoms with van der Waals surface area (Å²) < 4.78 is 39.2. The first kappa shape index (κ1) is 66.2. The van der Waals surface area contributed by atoms with Gasteiger partial charge in [0.25, 0.3) is 0 Å². The maximum atomic E-state index is 13.8. The molecule has 436 valence electrons. The second-order valence-electron chi connectivity index (χ2n) is 20.1. The summed E-state index contributed by atoms with van der Waals surface area (Å²) >= 11 is 0. The van der Waals surface area contributed by atoms with Gasteiger partial charge in [0, 0.05) is 102 Å². The van der Waals surface area contributed by atoms with Crippen molar-refractivity contribution in [3.8, 4) is 0 Å². The van der Waals surface area contributed by atoms with Crippen LogP contribution >= 0.6 is 0 Å². The third kappa shape index (κ3) is 22.7. The molecule has 3 heterocycles. The van der Waals surface area contributed by atoms with Gasteiger partial charge in [-0.25, -0.2) is 0 Å². The molecule has 0 aromatic carbocycles. The zero-order chi connectivity index (χ0) is 55.5. The number of aliphatic hydroxyl groups is 9. The zero-order valence-electron chi connectivity index (χ0n) is 44.3. The van der Waals surface area contributed by atoms with Crippen molar-refractivity contribution in [2.24, 2.45) is 17.8 Å². The Hall–Kier alpha value is -3.09. The van der Waals surface area contributed by atoms with E-state index in [-0.39, 0.29) is 121 Å². The highest BCUT2D eigenvalue weighted by molar-refractivity contribution is 5.81. The van der Waals surface area contributed by atoms with Crippen molar-refractivity contribution in [1.82, 2.24) is 21.3 Å². The molecule has 25 heteroatoms. The average Bonchev–Trinajstić information content (AvgIpc) is 3.39. The van der Waals surface area contributed by atoms with Gasteiger partial charge in [-0.05, 0) is 57.8 Å². The second-order valence-corrected chi connectivity index (χ2v) is 20.1. The lowest BCUT2D eigenvalue weighted by molar-refractivity contribution is -0.282. The molecular formula is C50H90N4O21. The normalized spacial score (nSPS) is 30.8. The molecule has 13 N–H and O–H groups in total. The minimum Gasteiger partial charge on any atom is -0.394 e. The molecule has 0 saturated carbocycles. The third-order valence-corrected chi connectivity index (χ3v) is 14.1. The van der Waals surface area contributed by atoms with Crippen LogP contribution in [0.3, 0.4) is 0 Å². The Bertz CT molecular complexity index is 1510. The molecule has 0 bridgehead atoms. The van der Waals surface area contributed by atoms with Crippen LogP contribution in [0, 0.1) is 17.8 Å². The lowest BCUT2D eigenvalue weighted by atomic mass is 9.82. The number of Topliss-reactive ketones (excluding diaryl/α,β-unsaturated/α-hetero) is 1. The summed E-state index contributed by atoms with van der Waals surface area (Å²) in [6.07, 6.45) is -10.8. The van der Waals surface area contributed by atoms with Crippen molar-refractivity contribution >= 4 is 29.4 Å². The Kier molecular flexibility index (Phi) is 31.3. The van der Waals surface area contributed by atoms with Crippen molar-refractivity contribution < 1.29 is 103 Å². The molecule has 0 radical (unpaired) electrons. The van der Waals surface area contributed by atoms with Gasteiger partial charge in [-0.3, -0.25) is 24.0 Å². The van der Waals surface area contributed by atoms with Gasteiger partial charge in [0.1, 0.15) is 42.4 Å². The van der Waals surface area contributed by atoms with Gasteiger partial charge in [0.05, 0.1) is 51.3 Å². The van der Waals surface area contributed by atoms with Gasteiger partial charge in [-0.1, -0.05) is 20.8 Å². The molecule has 3 saturated heterocycles. The summed E-state index contributed by atoms with van der Waals surface area (Å²) in [5.74, 6) is -3.39. The number of carbonyl (C=O) groups excluding carboxylic acids is 5. The summed E-state index contributed by atoms with van der Waals surface area (Å²) in [6, 6.07) is 0. The van der Waals surface area contributed by atoms with Crippen LogP contribution in [0.1, 0.15) is 117 Å². The Morgan fingerprint density at radius 2 is 0.800 bits per heavy atom. The van der Waals surface area contributed by atoms with Gasteiger partial charge in [-0.15, -0.1) is 0 Å². The Morgan fingerprint density at radius 3 is 1.20 bits per heavy atom. The molecule has 0 aromatic heterocycles. The molecule has 3 aliphatic heterocycles. The molecule has 3 rings (SSSR count). The second kappa shape index (κ2) is 35.4. The van der Waals surface area contributed by atoms with Gasteiger partial charge in [-0.2, -0.15) is 0 Å². The van der Waals surface area contributed by atoms with Crippen LogP contribution in [0.4, 0.5) is 0 Å². The first-order valence-corrected chi connectivity index (χ1v) is 26.7. The van der Waals surface area contributed by atoms with E-state index < -0.39 is 123 Å². The van der Waals surface area contributed by atoms with Crippen molar-refractivity contribution in [1.29, 1.82) is 0 Å². The monoisotopic (exact) mass is 1080 g/mol. The van der Waals surface area contributed by atoms with Gasteiger partial charge in [0.2, 0.25) is 23.6 Å². The average molecular weight is 1080 g/mol. The van der Waals surface area contributed by atoms with Crippen LogP contribution in [-0.4, -0.2) is 228 Å². The number of carbonyl (C=O) groups is 5. The van der Waals surface area contributed by atoms with Gasteiger partial charge in [0.15, 0.2) is 18.9 Å². The predicted molar refractivity (Wildman–Crippen MR) is 265 cm³/mol. The van der Waals surface area contributed by atoms with Crippen LogP contribution in [0.25, 0.3) is 0 Å². The maximum absolute atomic E-state index is 13.8. The summed E-state index contributed by atoms with van der Waals surface area (Å²) in [4.78, 5) is 66.6. The fraction of sp³-hybridized carbons (Fsp3) is 0.900. The number of aliphatic hydroxyl groups excluding tert-OH is 9. The number of nitrogens with one attached hydrogen (secondary N) is 4. The predicted octanol–water partition coefficient (Wildman–Crippen LogP) is -2.47. The molecule has 0 aliphatic carbocycles. The summed E-state index contributed by atoms with van der Waals surface area (Å²) in [6.45, 7) is 4.96. The molecule has 0 aromatic rings. The van der Waals surface area contributed by atoms with Crippen LogP contribution in [0.2, 0.25) is 0 Å². The van der Waals surface area contributed by atoms with E-state index in [0.29, 0.717) is 45.3 Å². The molecular weight excluding hydrogens is 993 g/mol. The number of methoxy groups -OCH3 is 1. The maximum Gasteiger partial charge on any atom is 0.220 e. The van der Waals surface area contributed by atoms with Crippen molar-refractivity contribution in [3.63, 3.8) is 0 Å². The molecule has 25 nitrogen and oxygen atoms in total. The molecule has 6 unspecified atom stereocenters. The van der Waals surface area contributed by atoms with Crippen LogP contribution in [0.5, 0.6) is 0 Å². The third-order valence-electron chi connectivity index (χ3n) is 14.1. The van der Waals surface area contributed by atoms with E-state index in [0.717, 1.165) is 0 Å². The molecule has 3 aliphatic rings. The highest BCUT2D eigenvalue weighted by atomic mass is 16.7. The van der Waals surface area contributed by atoms with E-state index in [9.17, 15) is 69.9 Å². The highest BCUT2D eigenvalue weighted by Gasteiger charge is 2.45. The van der Waals surface area contributed by atoms with E-state index in [1.54, 1.807) is 27.9 Å². The lowest BCUT2D eigenvalue weighted by Gasteiger charge is -2.40. The molecule has 4 amide bonds. The van der Waals surface area contributed by atoms with Crippen molar-refractivity contribution in [3.05, 3.63) is 0 Å². The van der Waals surface area contributed by atoms with E-state index in [1.165, 1.54) is 0 Å². The van der Waals surface area contributed by atoms with Crippen LogP contribution in [0.15, 0.2) is 0 Å². The number of ketones is 1. The van der Waals surface area contributed by atoms with E-state index in [2.05, 4.69) is 21.3 Å². The first-order chi connectivity index (χ1) is 35.8. The van der Waals surface area contributed by atoms with Crippen molar-refractivity contribution in [2.75, 3.05) is 73.0 Å². The SMILES string of the molecule is COCCCNC(=O)CCCC(=O)NC(CCC(=O)CCCCO[C@@H]1OC(CO)[C@H](O)[C@H](O)C1C)(CCC(=O)NCCCO[C@@H]1OC(CO)[C@H](O)[C@H](O)C1C)CCC(=O)NCCCO[C@@H]1OC(CO)[C@H](O)[C@H](O)C1C. The number of hydrogen-bond donors (Lipinski definition) is 13. The fourth-order valence-electron chi connectivity index (χ4n) is 9.10. The summed E-state index contributed by atoms with van der Waals surface area (Å²) in [5, 5.41) is 102. The topological polar surface area (TPSA) is 380 Å². The fourth-order valence-corrected chi connectivity index (χ4v) is 9.10. The van der Waals surface area contributed by atoms with Crippen LogP contribution in [-0.2, 0) is 57.1 Å². The Labute approximate surface area is 440 Å². The zero-order valence-corrected chi connectivity index (χ0v) is 44.3. The first-order valence-electron chi connectivity index (χ1n) is 26.7. The number of hydrogen-bond acceptors (Lipinski definition) is 21. The van der Waals surface area contributed by atoms with Crippen molar-refractivity contribution in [2.45, 2.75) is 196 Å². The quantitative estimate of drug-likeness (QED) is 0.0287. The van der Waals surface area contributed by atoms with E-state index in [1.807, 2.05) is 0 Å². The highest BCUT2D eigenvalue weighted by Crippen LogP contribution is 2.31. The molecule has 75 heavy (non-hydrogen) atoms. The van der Waals surface area contributed by atoms with Gasteiger partial charge < -0.3 is 100 Å². The molecule has 15 atom stereocenters. The summed E-state index contributed by atoms with van der Waals surface area (Å²) in [7, 11) is 1.56. The number of rotatable bonds is 37. The minimum absolute atomic E-state index is 0.0248. The minimum atomic E-state index is -1.28. The number of amides is 4. The largest absolute Gasteiger partial charge is 0.394 e.